The fraction of sp³-hybridized carbons (Fsp3) is 0.571. The molecule has 0 bridgehead atoms. The number of thiazole rings is 1. The second-order valence-electron chi connectivity index (χ2n) is 16.7. The van der Waals surface area contributed by atoms with Crippen LogP contribution in [0.5, 0.6) is 5.75 Å². The Morgan fingerprint density at radius 1 is 1.14 bits per heavy atom. The zero-order valence-electron chi connectivity index (χ0n) is 33.0. The van der Waals surface area contributed by atoms with Crippen LogP contribution in [0, 0.1) is 18.3 Å². The number of nitrogens with two attached hydrogens (primary N) is 1. The quantitative estimate of drug-likeness (QED) is 0.141. The van der Waals surface area contributed by atoms with E-state index in [4.69, 9.17) is 10.5 Å². The maximum absolute atomic E-state index is 14.6. The molecule has 4 atom stereocenters. The lowest BCUT2D eigenvalue weighted by atomic mass is 9.85. The summed E-state index contributed by atoms with van der Waals surface area (Å²) in [5.74, 6) is 0.210. The van der Waals surface area contributed by atoms with Gasteiger partial charge in [0.05, 0.1) is 28.8 Å². The molecule has 304 valence electrons. The number of nitrogens with one attached hydrogen (secondary N) is 2. The number of halogens is 1. The van der Waals surface area contributed by atoms with E-state index in [1.807, 2.05) is 36.7 Å². The molecule has 0 radical (unpaired) electrons. The molecule has 0 spiro atoms. The number of ether oxygens (including phenoxy) is 1. The van der Waals surface area contributed by atoms with E-state index in [2.05, 4.69) is 44.8 Å². The number of β-amino-alcohol motifs (C(OH)–C–C–N with tert-alkyl or cyclic N) is 1. The molecule has 3 heterocycles. The van der Waals surface area contributed by atoms with Crippen molar-refractivity contribution < 1.29 is 28.6 Å². The van der Waals surface area contributed by atoms with Gasteiger partial charge in [-0.15, -0.1) is 23.1 Å². The summed E-state index contributed by atoms with van der Waals surface area (Å²) in [6.07, 6.45) is 2.38. The molecule has 1 aliphatic carbocycles. The van der Waals surface area contributed by atoms with Crippen molar-refractivity contribution >= 4 is 40.8 Å². The van der Waals surface area contributed by atoms with Gasteiger partial charge in [-0.3, -0.25) is 14.4 Å². The van der Waals surface area contributed by atoms with Gasteiger partial charge >= 0.3 is 0 Å². The third kappa shape index (κ3) is 10.9. The third-order valence-electron chi connectivity index (χ3n) is 11.1. The Morgan fingerprint density at radius 3 is 2.54 bits per heavy atom. The molecule has 3 fully saturated rings. The minimum atomic E-state index is -1.95. The number of aliphatic hydroxyl groups excluding tert-OH is 1. The Hall–Kier alpha value is -3.56. The number of carbonyl (C=O) groups is 3. The van der Waals surface area contributed by atoms with Gasteiger partial charge in [0.25, 0.3) is 5.91 Å². The Bertz CT molecular complexity index is 1810. The van der Waals surface area contributed by atoms with E-state index in [0.29, 0.717) is 18.3 Å². The van der Waals surface area contributed by atoms with E-state index in [-0.39, 0.29) is 38.4 Å². The lowest BCUT2D eigenvalue weighted by Crippen LogP contribution is -2.59. The Morgan fingerprint density at radius 2 is 1.88 bits per heavy atom. The zero-order chi connectivity index (χ0) is 40.0. The summed E-state index contributed by atoms with van der Waals surface area (Å²) in [4.78, 5) is 50.9. The third-order valence-corrected chi connectivity index (χ3v) is 13.3. The molecule has 2 aromatic carbocycles. The number of hydrogen-bond acceptors (Lipinski definition) is 10. The molecule has 14 heteroatoms. The molecule has 3 aromatic rings. The van der Waals surface area contributed by atoms with Crippen molar-refractivity contribution in [3.63, 3.8) is 0 Å². The van der Waals surface area contributed by atoms with Crippen LogP contribution < -0.4 is 21.1 Å². The number of amides is 3. The molecule has 1 saturated carbocycles. The predicted octanol–water partition coefficient (Wildman–Crippen LogP) is 5.33. The number of piperidine rings is 1. The number of benzene rings is 2. The van der Waals surface area contributed by atoms with Crippen LogP contribution in [0.4, 0.5) is 4.39 Å². The summed E-state index contributed by atoms with van der Waals surface area (Å²) < 4.78 is 21.2. The molecular formula is C42H57FN6O5S2. The number of aliphatic hydroxyl groups is 1. The maximum atomic E-state index is 14.6. The van der Waals surface area contributed by atoms with Crippen molar-refractivity contribution in [2.75, 3.05) is 38.5 Å². The van der Waals surface area contributed by atoms with E-state index < -0.39 is 47.0 Å². The molecule has 6 rings (SSSR count). The number of nitrogens with zero attached hydrogens (tertiary/aromatic N) is 3. The predicted molar refractivity (Wildman–Crippen MR) is 219 cm³/mol. The fourth-order valence-corrected chi connectivity index (χ4v) is 9.03. The Balaban J connectivity index is 1.05. The number of rotatable bonds is 16. The van der Waals surface area contributed by atoms with Gasteiger partial charge in [-0.1, -0.05) is 51.1 Å². The highest BCUT2D eigenvalue weighted by Gasteiger charge is 2.53. The van der Waals surface area contributed by atoms with Crippen LogP contribution in [0.15, 0.2) is 58.9 Å². The van der Waals surface area contributed by atoms with Crippen LogP contribution in [-0.4, -0.2) is 106 Å². The molecule has 56 heavy (non-hydrogen) atoms. The second-order valence-corrected chi connectivity index (χ2v) is 18.7. The summed E-state index contributed by atoms with van der Waals surface area (Å²) in [6.45, 7) is 10.9. The van der Waals surface area contributed by atoms with Crippen molar-refractivity contribution in [3.05, 3.63) is 65.3 Å². The molecule has 2 unspecified atom stereocenters. The van der Waals surface area contributed by atoms with E-state index in [9.17, 15) is 23.9 Å². The number of carbonyl (C=O) groups excluding carboxylic acids is 3. The average Bonchev–Trinajstić information content (AvgIpc) is 3.59. The smallest absolute Gasteiger partial charge is 0.258 e. The summed E-state index contributed by atoms with van der Waals surface area (Å²) >= 11 is 3.37. The van der Waals surface area contributed by atoms with Crippen LogP contribution in [0.2, 0.25) is 0 Å². The van der Waals surface area contributed by atoms with Crippen molar-refractivity contribution in [1.82, 2.24) is 25.4 Å². The standard InChI is InChI=1S/C42H57FN6O5S2/c1-27-36(56-26-46-27)29-10-11-30(35(20-29)54-24-28-12-17-48(18-13-28)19-14-31(44)25-55-33-8-6-5-7-9-33)22-45-38(51)34-21-32(50)23-49(34)39(52)37(41(2,3)4)47-40(53)42(43)15-16-42/h5-11,20,26,28,31-32,34,37,50H,12-19,21-25,44H2,1-4H3,(H,45,51)(H,47,53)/t31?,32-,34+,37?/m1/s1. The van der Waals surface area contributed by atoms with Gasteiger partial charge in [-0.2, -0.15) is 0 Å². The lowest BCUT2D eigenvalue weighted by Gasteiger charge is -2.35. The lowest BCUT2D eigenvalue weighted by molar-refractivity contribution is -0.145. The van der Waals surface area contributed by atoms with E-state index in [0.717, 1.165) is 66.3 Å². The number of thioether (sulfide) groups is 1. The highest BCUT2D eigenvalue weighted by atomic mass is 32.2. The fourth-order valence-electron chi connectivity index (χ4n) is 7.31. The van der Waals surface area contributed by atoms with Crippen molar-refractivity contribution in [1.29, 1.82) is 0 Å². The number of hydrogen-bond donors (Lipinski definition) is 4. The normalized spacial score (nSPS) is 21.0. The van der Waals surface area contributed by atoms with Crippen LogP contribution in [-0.2, 0) is 20.9 Å². The van der Waals surface area contributed by atoms with Gasteiger partial charge in [0.15, 0.2) is 5.67 Å². The number of aromatic nitrogens is 1. The molecular weight excluding hydrogens is 752 g/mol. The molecule has 5 N–H and O–H groups in total. The van der Waals surface area contributed by atoms with Crippen LogP contribution in [0.25, 0.3) is 10.4 Å². The van der Waals surface area contributed by atoms with Gasteiger partial charge in [0.2, 0.25) is 11.8 Å². The summed E-state index contributed by atoms with van der Waals surface area (Å²) in [5.41, 5.74) is 8.28. The minimum absolute atomic E-state index is 0.0552. The van der Waals surface area contributed by atoms with Gasteiger partial charge in [-0.05, 0) is 93.8 Å². The SMILES string of the molecule is Cc1ncsc1-c1ccc(CNC(=O)[C@@H]2C[C@@H](O)CN2C(=O)C(NC(=O)C2(F)CC2)C(C)(C)C)c(OCC2CCN(CCC(N)CSc3ccccc3)CC2)c1. The highest BCUT2D eigenvalue weighted by molar-refractivity contribution is 7.99. The highest BCUT2D eigenvalue weighted by Crippen LogP contribution is 2.40. The molecule has 3 aliphatic rings. The largest absolute Gasteiger partial charge is 0.493 e. The van der Waals surface area contributed by atoms with Gasteiger partial charge in [0, 0.05) is 41.8 Å². The van der Waals surface area contributed by atoms with Gasteiger partial charge in [0.1, 0.15) is 17.8 Å². The molecule has 11 nitrogen and oxygen atoms in total. The van der Waals surface area contributed by atoms with E-state index >= 15 is 0 Å². The molecule has 1 aromatic heterocycles. The van der Waals surface area contributed by atoms with Gasteiger partial charge in [-0.25, -0.2) is 9.37 Å². The molecule has 3 amide bonds. The maximum Gasteiger partial charge on any atom is 0.258 e. The summed E-state index contributed by atoms with van der Waals surface area (Å²) in [5, 5.41) is 16.2. The van der Waals surface area contributed by atoms with Crippen molar-refractivity contribution in [2.45, 2.75) is 108 Å². The average molecular weight is 809 g/mol. The minimum Gasteiger partial charge on any atom is -0.493 e. The summed E-state index contributed by atoms with van der Waals surface area (Å²) in [6, 6.07) is 14.4. The van der Waals surface area contributed by atoms with Crippen LogP contribution in [0.3, 0.4) is 0 Å². The van der Waals surface area contributed by atoms with Gasteiger partial charge < -0.3 is 36.0 Å². The molecule has 2 aliphatic heterocycles. The first-order valence-electron chi connectivity index (χ1n) is 19.8. The molecule has 2 saturated heterocycles. The first-order chi connectivity index (χ1) is 26.7. The summed E-state index contributed by atoms with van der Waals surface area (Å²) in [7, 11) is 0. The van der Waals surface area contributed by atoms with Crippen LogP contribution in [0.1, 0.15) is 70.6 Å². The Labute approximate surface area is 338 Å². The van der Waals surface area contributed by atoms with E-state index in [1.54, 1.807) is 43.9 Å². The number of likely N-dealkylation sites (tertiary alicyclic amines) is 2. The first-order valence-corrected chi connectivity index (χ1v) is 21.6. The number of aryl methyl sites for hydroxylation is 1. The van der Waals surface area contributed by atoms with Crippen molar-refractivity contribution in [2.24, 2.45) is 17.1 Å². The monoisotopic (exact) mass is 808 g/mol. The first kappa shape index (κ1) is 42.1. The van der Waals surface area contributed by atoms with Crippen molar-refractivity contribution in [3.8, 4) is 16.2 Å². The van der Waals surface area contributed by atoms with Crippen LogP contribution >= 0.6 is 23.1 Å². The topological polar surface area (TPSA) is 150 Å². The second kappa shape index (κ2) is 18.4. The zero-order valence-corrected chi connectivity index (χ0v) is 34.6. The Kier molecular flexibility index (Phi) is 13.8. The van der Waals surface area contributed by atoms with E-state index in [1.165, 1.54) is 9.80 Å². The number of alkyl halides is 1.